The molecule has 0 bridgehead atoms. The van der Waals surface area contributed by atoms with Crippen molar-refractivity contribution in [1.29, 1.82) is 0 Å². The molecule has 0 saturated carbocycles. The second-order valence-corrected chi connectivity index (χ2v) is 12.0. The van der Waals surface area contributed by atoms with E-state index in [4.69, 9.17) is 15.4 Å². The van der Waals surface area contributed by atoms with Crippen molar-refractivity contribution >= 4 is 71.4 Å². The summed E-state index contributed by atoms with van der Waals surface area (Å²) in [7, 11) is 0. The van der Waals surface area contributed by atoms with E-state index in [-0.39, 0.29) is 0 Å². The number of furan rings is 2. The number of rotatable bonds is 3. The van der Waals surface area contributed by atoms with Gasteiger partial charge in [0.1, 0.15) is 22.3 Å². The summed E-state index contributed by atoms with van der Waals surface area (Å²) in [6.45, 7) is 8.16. The van der Waals surface area contributed by atoms with E-state index in [1.54, 1.807) is 0 Å². The fourth-order valence-corrected chi connectivity index (χ4v) is 7.30. The van der Waals surface area contributed by atoms with Crippen LogP contribution in [0.15, 0.2) is 154 Å². The standard InChI is InChI=1S/C43H24N2O2/c1-44-35-14-9-17-38(45-36-15-7-5-12-29(36)30-13-6-8-16-37(30)45)43(35)28-19-21-40-32(23-28)34-24-33-31-22-27(26-10-3-2-4-11-26)18-20-39(31)46-41(33)25-42(34)47-40/h2-25H. The van der Waals surface area contributed by atoms with Gasteiger partial charge in [0.15, 0.2) is 5.69 Å². The lowest BCUT2D eigenvalue weighted by atomic mass is 9.98. The van der Waals surface area contributed by atoms with E-state index in [1.165, 1.54) is 16.3 Å². The highest BCUT2D eigenvalue weighted by molar-refractivity contribution is 6.16. The summed E-state index contributed by atoms with van der Waals surface area (Å²) in [4.78, 5) is 4.01. The minimum Gasteiger partial charge on any atom is -0.456 e. The quantitative estimate of drug-likeness (QED) is 0.189. The maximum absolute atomic E-state index is 8.16. The van der Waals surface area contributed by atoms with Crippen LogP contribution in [0.25, 0.3) is 98.5 Å². The average molecular weight is 601 g/mol. The third-order valence-corrected chi connectivity index (χ3v) is 9.42. The average Bonchev–Trinajstić information content (AvgIpc) is 3.78. The monoisotopic (exact) mass is 600 g/mol. The lowest BCUT2D eigenvalue weighted by Crippen LogP contribution is -1.97. The van der Waals surface area contributed by atoms with Gasteiger partial charge in [0, 0.05) is 49.6 Å². The van der Waals surface area contributed by atoms with E-state index in [9.17, 15) is 0 Å². The van der Waals surface area contributed by atoms with Gasteiger partial charge in [-0.2, -0.15) is 0 Å². The third-order valence-electron chi connectivity index (χ3n) is 9.42. The molecule has 0 spiro atoms. The van der Waals surface area contributed by atoms with Crippen LogP contribution in [0.3, 0.4) is 0 Å². The summed E-state index contributed by atoms with van der Waals surface area (Å²) in [5.74, 6) is 0. The molecule has 0 saturated heterocycles. The molecule has 0 atom stereocenters. The van der Waals surface area contributed by atoms with Crippen LogP contribution in [0.4, 0.5) is 5.69 Å². The Morgan fingerprint density at radius 3 is 1.66 bits per heavy atom. The third kappa shape index (κ3) is 3.75. The van der Waals surface area contributed by atoms with Crippen LogP contribution in [0.5, 0.6) is 0 Å². The van der Waals surface area contributed by atoms with Crippen molar-refractivity contribution in [3.63, 3.8) is 0 Å². The van der Waals surface area contributed by atoms with Gasteiger partial charge in [-0.05, 0) is 65.2 Å². The van der Waals surface area contributed by atoms with Crippen LogP contribution in [0.2, 0.25) is 0 Å². The Morgan fingerprint density at radius 2 is 1.00 bits per heavy atom. The highest BCUT2D eigenvalue weighted by atomic mass is 16.3. The Kier molecular flexibility index (Phi) is 5.32. The van der Waals surface area contributed by atoms with Crippen LogP contribution < -0.4 is 0 Å². The SMILES string of the molecule is [C-]#[N+]c1cccc(-n2c3ccccc3c3ccccc32)c1-c1ccc2oc3cc4oc5ccc(-c6ccccc6)cc5c4cc3c2c1. The summed E-state index contributed by atoms with van der Waals surface area (Å²) in [6, 6.07) is 50.2. The summed E-state index contributed by atoms with van der Waals surface area (Å²) in [6.07, 6.45) is 0. The Morgan fingerprint density at radius 1 is 0.426 bits per heavy atom. The number of nitrogens with zero attached hydrogens (tertiary/aromatic N) is 2. The summed E-state index contributed by atoms with van der Waals surface area (Å²) in [5, 5.41) is 6.50. The van der Waals surface area contributed by atoms with Gasteiger partial charge in [-0.1, -0.05) is 91.0 Å². The molecule has 0 amide bonds. The predicted octanol–water partition coefficient (Wildman–Crippen LogP) is 12.5. The molecule has 0 aliphatic heterocycles. The molecule has 7 aromatic carbocycles. The van der Waals surface area contributed by atoms with Crippen molar-refractivity contribution < 1.29 is 8.83 Å². The smallest absolute Gasteiger partial charge is 0.196 e. The molecule has 4 nitrogen and oxygen atoms in total. The van der Waals surface area contributed by atoms with Crippen LogP contribution in [-0.2, 0) is 0 Å². The lowest BCUT2D eigenvalue weighted by molar-refractivity contribution is 0.656. The van der Waals surface area contributed by atoms with E-state index < -0.39 is 0 Å². The zero-order valence-corrected chi connectivity index (χ0v) is 25.1. The predicted molar refractivity (Wildman–Crippen MR) is 192 cm³/mol. The summed E-state index contributed by atoms with van der Waals surface area (Å²) >= 11 is 0. The van der Waals surface area contributed by atoms with Gasteiger partial charge in [-0.15, -0.1) is 0 Å². The largest absolute Gasteiger partial charge is 0.456 e. The zero-order valence-electron chi connectivity index (χ0n) is 25.1. The Hall–Kier alpha value is -6.57. The normalized spacial score (nSPS) is 11.8. The highest BCUT2D eigenvalue weighted by Gasteiger charge is 2.20. The Labute approximate surface area is 269 Å². The number of para-hydroxylation sites is 2. The number of hydrogen-bond donors (Lipinski definition) is 0. The molecular formula is C43H24N2O2. The molecule has 3 aromatic heterocycles. The van der Waals surface area contributed by atoms with Gasteiger partial charge < -0.3 is 13.4 Å². The topological polar surface area (TPSA) is 35.6 Å². The molecule has 47 heavy (non-hydrogen) atoms. The first-order valence-electron chi connectivity index (χ1n) is 15.6. The molecular weight excluding hydrogens is 576 g/mol. The van der Waals surface area contributed by atoms with Gasteiger partial charge >= 0.3 is 0 Å². The van der Waals surface area contributed by atoms with E-state index in [0.717, 1.165) is 77.3 Å². The molecule has 0 aliphatic carbocycles. The second kappa shape index (κ2) is 9.71. The van der Waals surface area contributed by atoms with E-state index >= 15 is 0 Å². The number of hydrogen-bond acceptors (Lipinski definition) is 2. The number of aromatic nitrogens is 1. The second-order valence-electron chi connectivity index (χ2n) is 12.0. The molecule has 4 heteroatoms. The molecule has 0 radical (unpaired) electrons. The Balaban J connectivity index is 1.22. The first-order chi connectivity index (χ1) is 23.2. The van der Waals surface area contributed by atoms with Gasteiger partial charge in [0.05, 0.1) is 17.6 Å². The van der Waals surface area contributed by atoms with Crippen LogP contribution in [0.1, 0.15) is 0 Å². The first kappa shape index (κ1) is 25.7. The van der Waals surface area contributed by atoms with Crippen molar-refractivity contribution in [2.75, 3.05) is 0 Å². The van der Waals surface area contributed by atoms with Crippen LogP contribution in [-0.4, -0.2) is 4.57 Å². The van der Waals surface area contributed by atoms with Crippen molar-refractivity contribution in [3.05, 3.63) is 157 Å². The molecule has 218 valence electrons. The number of benzene rings is 7. The molecule has 10 rings (SSSR count). The molecule has 0 N–H and O–H groups in total. The molecule has 10 aromatic rings. The van der Waals surface area contributed by atoms with E-state index in [2.05, 4.69) is 119 Å². The Bertz CT molecular complexity index is 2860. The van der Waals surface area contributed by atoms with Crippen molar-refractivity contribution in [2.45, 2.75) is 0 Å². The minimum atomic E-state index is 0.605. The maximum Gasteiger partial charge on any atom is 0.196 e. The molecule has 3 heterocycles. The molecule has 0 unspecified atom stereocenters. The van der Waals surface area contributed by atoms with Gasteiger partial charge in [-0.3, -0.25) is 0 Å². The fourth-order valence-electron chi connectivity index (χ4n) is 7.30. The van der Waals surface area contributed by atoms with Gasteiger partial charge in [0.2, 0.25) is 0 Å². The molecule has 0 fully saturated rings. The van der Waals surface area contributed by atoms with E-state index in [1.807, 2.05) is 36.4 Å². The fraction of sp³-hybridized carbons (Fsp3) is 0. The van der Waals surface area contributed by atoms with Crippen molar-refractivity contribution in [2.24, 2.45) is 0 Å². The van der Waals surface area contributed by atoms with Crippen molar-refractivity contribution in [3.8, 4) is 27.9 Å². The maximum atomic E-state index is 8.16. The van der Waals surface area contributed by atoms with E-state index in [0.29, 0.717) is 5.69 Å². The molecule has 0 aliphatic rings. The first-order valence-corrected chi connectivity index (χ1v) is 15.6. The summed E-state index contributed by atoms with van der Waals surface area (Å²) in [5.41, 5.74) is 11.2. The van der Waals surface area contributed by atoms with Crippen LogP contribution >= 0.6 is 0 Å². The summed E-state index contributed by atoms with van der Waals surface area (Å²) < 4.78 is 15.0. The van der Waals surface area contributed by atoms with Crippen LogP contribution in [0, 0.1) is 6.57 Å². The zero-order chi connectivity index (χ0) is 31.1. The highest BCUT2D eigenvalue weighted by Crippen LogP contribution is 2.43. The van der Waals surface area contributed by atoms with Gasteiger partial charge in [-0.25, -0.2) is 4.85 Å². The minimum absolute atomic E-state index is 0.605. The van der Waals surface area contributed by atoms with Gasteiger partial charge in [0.25, 0.3) is 0 Å². The van der Waals surface area contributed by atoms with Crippen molar-refractivity contribution in [1.82, 2.24) is 4.57 Å². The lowest BCUT2D eigenvalue weighted by Gasteiger charge is -2.16. The number of fused-ring (bicyclic) bond motifs is 9.